The number of rotatable bonds is 4. The molecule has 94 valence electrons. The fraction of sp³-hybridized carbons (Fsp3) is 0.300. The van der Waals surface area contributed by atoms with Gasteiger partial charge < -0.3 is 11.1 Å². The zero-order valence-electron chi connectivity index (χ0n) is 8.64. The van der Waals surface area contributed by atoms with Crippen molar-refractivity contribution >= 4 is 22.9 Å². The van der Waals surface area contributed by atoms with E-state index in [1.165, 1.54) is 12.1 Å². The average Bonchev–Trinajstić information content (AvgIpc) is 2.14. The Morgan fingerprint density at radius 3 is 2.53 bits per heavy atom. The number of alkyl halides is 3. The second-order valence-electron chi connectivity index (χ2n) is 3.32. The molecule has 7 heteroatoms. The Hall–Kier alpha value is -1.37. The fourth-order valence-corrected chi connectivity index (χ4v) is 1.47. The summed E-state index contributed by atoms with van der Waals surface area (Å²) in [6.07, 6.45) is -5.27. The molecular weight excluding hydrogens is 256 g/mol. The SMILES string of the molecule is NC(=S)c1c(F)cccc1NCCC(F)(F)F. The molecular formula is C10H10F4N2S. The first-order valence-electron chi connectivity index (χ1n) is 4.70. The number of benzene rings is 1. The van der Waals surface area contributed by atoms with E-state index in [9.17, 15) is 17.6 Å². The number of nitrogens with two attached hydrogens (primary N) is 1. The third kappa shape index (κ3) is 4.18. The average molecular weight is 266 g/mol. The molecule has 0 aromatic heterocycles. The van der Waals surface area contributed by atoms with Gasteiger partial charge in [0, 0.05) is 12.2 Å². The van der Waals surface area contributed by atoms with E-state index in [2.05, 4.69) is 17.5 Å². The summed E-state index contributed by atoms with van der Waals surface area (Å²) in [4.78, 5) is -0.197. The maximum atomic E-state index is 13.3. The van der Waals surface area contributed by atoms with Crippen LogP contribution < -0.4 is 11.1 Å². The monoisotopic (exact) mass is 266 g/mol. The van der Waals surface area contributed by atoms with Crippen molar-refractivity contribution in [2.75, 3.05) is 11.9 Å². The molecule has 0 spiro atoms. The molecule has 2 nitrogen and oxygen atoms in total. The lowest BCUT2D eigenvalue weighted by molar-refractivity contribution is -0.131. The van der Waals surface area contributed by atoms with Crippen molar-refractivity contribution in [3.8, 4) is 0 Å². The summed E-state index contributed by atoms with van der Waals surface area (Å²) in [5.41, 5.74) is 5.41. The molecule has 0 heterocycles. The second-order valence-corrected chi connectivity index (χ2v) is 3.76. The highest BCUT2D eigenvalue weighted by molar-refractivity contribution is 7.80. The lowest BCUT2D eigenvalue weighted by Crippen LogP contribution is -2.18. The van der Waals surface area contributed by atoms with E-state index in [1.807, 2.05) is 0 Å². The summed E-state index contributed by atoms with van der Waals surface area (Å²) in [5, 5.41) is 2.46. The number of anilines is 1. The van der Waals surface area contributed by atoms with Gasteiger partial charge in [-0.3, -0.25) is 0 Å². The highest BCUT2D eigenvalue weighted by Gasteiger charge is 2.26. The predicted octanol–water partition coefficient (Wildman–Crippen LogP) is 2.82. The van der Waals surface area contributed by atoms with Gasteiger partial charge in [-0.05, 0) is 12.1 Å². The van der Waals surface area contributed by atoms with Crippen LogP contribution in [-0.2, 0) is 0 Å². The summed E-state index contributed by atoms with van der Waals surface area (Å²) < 4.78 is 49.1. The second kappa shape index (κ2) is 5.31. The van der Waals surface area contributed by atoms with Crippen LogP contribution in [-0.4, -0.2) is 17.7 Å². The zero-order chi connectivity index (χ0) is 13.1. The molecule has 0 unspecified atom stereocenters. The lowest BCUT2D eigenvalue weighted by atomic mass is 10.1. The van der Waals surface area contributed by atoms with E-state index < -0.39 is 18.4 Å². The van der Waals surface area contributed by atoms with Crippen LogP contribution in [0.15, 0.2) is 18.2 Å². The summed E-state index contributed by atoms with van der Waals surface area (Å²) in [6, 6.07) is 3.93. The van der Waals surface area contributed by atoms with Gasteiger partial charge in [-0.1, -0.05) is 18.3 Å². The zero-order valence-corrected chi connectivity index (χ0v) is 9.46. The lowest BCUT2D eigenvalue weighted by Gasteiger charge is -2.12. The molecule has 1 rings (SSSR count). The van der Waals surface area contributed by atoms with Gasteiger partial charge >= 0.3 is 6.18 Å². The van der Waals surface area contributed by atoms with Crippen molar-refractivity contribution in [1.82, 2.24) is 0 Å². The van der Waals surface area contributed by atoms with Crippen molar-refractivity contribution in [2.24, 2.45) is 5.73 Å². The highest BCUT2D eigenvalue weighted by atomic mass is 32.1. The Bertz CT molecular complexity index is 417. The van der Waals surface area contributed by atoms with Crippen LogP contribution >= 0.6 is 12.2 Å². The number of thiocarbonyl (C=S) groups is 1. The largest absolute Gasteiger partial charge is 0.390 e. The minimum atomic E-state index is -4.26. The highest BCUT2D eigenvalue weighted by Crippen LogP contribution is 2.22. The Morgan fingerprint density at radius 1 is 1.35 bits per heavy atom. The fourth-order valence-electron chi connectivity index (χ4n) is 1.26. The first-order valence-corrected chi connectivity index (χ1v) is 5.11. The van der Waals surface area contributed by atoms with Crippen molar-refractivity contribution in [2.45, 2.75) is 12.6 Å². The van der Waals surface area contributed by atoms with Gasteiger partial charge in [0.1, 0.15) is 10.8 Å². The summed E-state index contributed by atoms with van der Waals surface area (Å²) in [5.74, 6) is -0.658. The van der Waals surface area contributed by atoms with Crippen LogP contribution in [0.4, 0.5) is 23.2 Å². The van der Waals surface area contributed by atoms with Gasteiger partial charge in [-0.15, -0.1) is 0 Å². The van der Waals surface area contributed by atoms with Crippen molar-refractivity contribution < 1.29 is 17.6 Å². The number of hydrogen-bond acceptors (Lipinski definition) is 2. The topological polar surface area (TPSA) is 38.0 Å². The molecule has 1 aromatic rings. The van der Waals surface area contributed by atoms with Crippen LogP contribution in [0.2, 0.25) is 0 Å². The van der Waals surface area contributed by atoms with Crippen molar-refractivity contribution in [3.05, 3.63) is 29.6 Å². The normalized spacial score (nSPS) is 11.3. The van der Waals surface area contributed by atoms with Crippen LogP contribution in [0.3, 0.4) is 0 Å². The van der Waals surface area contributed by atoms with Gasteiger partial charge in [0.2, 0.25) is 0 Å². The van der Waals surface area contributed by atoms with E-state index >= 15 is 0 Å². The summed E-state index contributed by atoms with van der Waals surface area (Å²) in [6.45, 7) is -0.359. The molecule has 17 heavy (non-hydrogen) atoms. The standard InChI is InChI=1S/C10H10F4N2S/c11-6-2-1-3-7(8(6)9(15)17)16-5-4-10(12,13)14/h1-3,16H,4-5H2,(H2,15,17). The smallest absolute Gasteiger partial charge is 0.389 e. The van der Waals surface area contributed by atoms with Crippen LogP contribution in [0.5, 0.6) is 0 Å². The van der Waals surface area contributed by atoms with Crippen LogP contribution in [0.1, 0.15) is 12.0 Å². The molecule has 0 amide bonds. The van der Waals surface area contributed by atoms with Gasteiger partial charge in [-0.25, -0.2) is 4.39 Å². The summed E-state index contributed by atoms with van der Waals surface area (Å²) in [7, 11) is 0. The van der Waals surface area contributed by atoms with E-state index in [0.717, 1.165) is 6.07 Å². The maximum Gasteiger partial charge on any atom is 0.390 e. The minimum Gasteiger partial charge on any atom is -0.389 e. The summed E-state index contributed by atoms with van der Waals surface area (Å²) >= 11 is 4.64. The van der Waals surface area contributed by atoms with Crippen molar-refractivity contribution in [3.63, 3.8) is 0 Å². The molecule has 0 aliphatic rings. The first-order chi connectivity index (χ1) is 7.81. The van der Waals surface area contributed by atoms with Gasteiger partial charge in [0.05, 0.1) is 12.0 Å². The Kier molecular flexibility index (Phi) is 4.28. The minimum absolute atomic E-state index is 0.0651. The molecule has 0 bridgehead atoms. The van der Waals surface area contributed by atoms with Gasteiger partial charge in [0.15, 0.2) is 0 Å². The van der Waals surface area contributed by atoms with Crippen molar-refractivity contribution in [1.29, 1.82) is 0 Å². The van der Waals surface area contributed by atoms with Crippen LogP contribution in [0, 0.1) is 5.82 Å². The molecule has 0 radical (unpaired) electrons. The van der Waals surface area contributed by atoms with Gasteiger partial charge in [0.25, 0.3) is 0 Å². The molecule has 1 aromatic carbocycles. The molecule has 0 aliphatic heterocycles. The number of nitrogens with one attached hydrogen (secondary N) is 1. The quantitative estimate of drug-likeness (QED) is 0.650. The molecule has 0 aliphatic carbocycles. The van der Waals surface area contributed by atoms with E-state index in [1.54, 1.807) is 0 Å². The molecule has 0 fully saturated rings. The third-order valence-corrected chi connectivity index (χ3v) is 2.19. The van der Waals surface area contributed by atoms with E-state index in [-0.39, 0.29) is 22.8 Å². The predicted molar refractivity (Wildman–Crippen MR) is 61.4 cm³/mol. The Morgan fingerprint density at radius 2 is 2.00 bits per heavy atom. The molecule has 0 saturated carbocycles. The molecule has 0 atom stereocenters. The maximum absolute atomic E-state index is 13.3. The Balaban J connectivity index is 2.78. The number of halogens is 4. The van der Waals surface area contributed by atoms with E-state index in [0.29, 0.717) is 0 Å². The molecule has 0 saturated heterocycles. The van der Waals surface area contributed by atoms with Crippen LogP contribution in [0.25, 0.3) is 0 Å². The van der Waals surface area contributed by atoms with Gasteiger partial charge in [-0.2, -0.15) is 13.2 Å². The number of hydrogen-bond donors (Lipinski definition) is 2. The molecule has 3 N–H and O–H groups in total. The third-order valence-electron chi connectivity index (χ3n) is 1.98. The first kappa shape index (κ1) is 13.7. The van der Waals surface area contributed by atoms with E-state index in [4.69, 9.17) is 5.73 Å². The Labute approximate surface area is 101 Å².